The second-order valence-corrected chi connectivity index (χ2v) is 6.90. The highest BCUT2D eigenvalue weighted by molar-refractivity contribution is 7.12. The number of ether oxygens (including phenoxy) is 1. The standard InChI is InChI=1S/C18H22N2O3S/c1-11-6-5-7-14(13(11)3)20-18(22)17(21)19-10-15(23-4)16-9-8-12(2)24-16/h5-9,15H,10H2,1-4H3,(H,19,21)(H,20,22). The number of anilines is 1. The van der Waals surface area contributed by atoms with E-state index in [4.69, 9.17) is 4.74 Å². The minimum Gasteiger partial charge on any atom is -0.374 e. The van der Waals surface area contributed by atoms with Crippen LogP contribution in [0.5, 0.6) is 0 Å². The Morgan fingerprint density at radius 3 is 2.50 bits per heavy atom. The molecule has 0 radical (unpaired) electrons. The molecule has 128 valence electrons. The van der Waals surface area contributed by atoms with Gasteiger partial charge >= 0.3 is 11.8 Å². The van der Waals surface area contributed by atoms with E-state index >= 15 is 0 Å². The minimum absolute atomic E-state index is 0.246. The first kappa shape index (κ1) is 18.2. The summed E-state index contributed by atoms with van der Waals surface area (Å²) in [6.45, 7) is 6.12. The van der Waals surface area contributed by atoms with Crippen LogP contribution < -0.4 is 10.6 Å². The Labute approximate surface area is 146 Å². The van der Waals surface area contributed by atoms with Gasteiger partial charge in [-0.2, -0.15) is 0 Å². The highest BCUT2D eigenvalue weighted by atomic mass is 32.1. The molecule has 0 fully saturated rings. The first-order chi connectivity index (χ1) is 11.4. The molecule has 2 aromatic rings. The average Bonchev–Trinajstić information content (AvgIpc) is 2.98. The number of methoxy groups -OCH3 is 1. The molecule has 1 unspecified atom stereocenters. The van der Waals surface area contributed by atoms with Gasteiger partial charge in [-0.1, -0.05) is 12.1 Å². The van der Waals surface area contributed by atoms with Crippen molar-refractivity contribution in [3.8, 4) is 0 Å². The number of hydrogen-bond donors (Lipinski definition) is 2. The fourth-order valence-electron chi connectivity index (χ4n) is 2.26. The number of rotatable bonds is 5. The summed E-state index contributed by atoms with van der Waals surface area (Å²) in [4.78, 5) is 26.3. The van der Waals surface area contributed by atoms with Gasteiger partial charge in [0.2, 0.25) is 0 Å². The second-order valence-electron chi connectivity index (χ2n) is 5.58. The molecule has 1 aromatic carbocycles. The van der Waals surface area contributed by atoms with Gasteiger partial charge in [0, 0.05) is 29.1 Å². The first-order valence-electron chi connectivity index (χ1n) is 7.67. The van der Waals surface area contributed by atoms with Gasteiger partial charge in [0.05, 0.1) is 0 Å². The van der Waals surface area contributed by atoms with E-state index < -0.39 is 11.8 Å². The number of carbonyl (C=O) groups is 2. The Morgan fingerprint density at radius 2 is 1.88 bits per heavy atom. The smallest absolute Gasteiger partial charge is 0.313 e. The van der Waals surface area contributed by atoms with Crippen LogP contribution in [-0.4, -0.2) is 25.5 Å². The Hall–Kier alpha value is -2.18. The molecule has 1 atom stereocenters. The van der Waals surface area contributed by atoms with Crippen molar-refractivity contribution < 1.29 is 14.3 Å². The molecule has 1 aromatic heterocycles. The van der Waals surface area contributed by atoms with Crippen LogP contribution in [0, 0.1) is 20.8 Å². The third-order valence-electron chi connectivity index (χ3n) is 3.87. The van der Waals surface area contributed by atoms with Crippen molar-refractivity contribution >= 4 is 28.8 Å². The molecule has 0 bridgehead atoms. The van der Waals surface area contributed by atoms with Crippen LogP contribution in [0.1, 0.15) is 27.0 Å². The molecule has 5 nitrogen and oxygen atoms in total. The molecule has 1 heterocycles. The Morgan fingerprint density at radius 1 is 1.12 bits per heavy atom. The Balaban J connectivity index is 1.94. The quantitative estimate of drug-likeness (QED) is 0.818. The first-order valence-corrected chi connectivity index (χ1v) is 8.48. The van der Waals surface area contributed by atoms with Gasteiger partial charge in [-0.3, -0.25) is 9.59 Å². The molecule has 2 N–H and O–H groups in total. The molecule has 2 amide bonds. The molecule has 0 saturated heterocycles. The molecule has 2 rings (SSSR count). The van der Waals surface area contributed by atoms with E-state index in [9.17, 15) is 9.59 Å². The largest absolute Gasteiger partial charge is 0.374 e. The summed E-state index contributed by atoms with van der Waals surface area (Å²) in [7, 11) is 1.59. The van der Waals surface area contributed by atoms with Crippen LogP contribution >= 0.6 is 11.3 Å². The molecule has 0 aliphatic rings. The van der Waals surface area contributed by atoms with Crippen molar-refractivity contribution in [2.75, 3.05) is 19.0 Å². The van der Waals surface area contributed by atoms with Gasteiger partial charge in [-0.05, 0) is 50.1 Å². The summed E-state index contributed by atoms with van der Waals surface area (Å²) in [6, 6.07) is 9.55. The van der Waals surface area contributed by atoms with Crippen molar-refractivity contribution in [2.24, 2.45) is 0 Å². The van der Waals surface area contributed by atoms with E-state index in [-0.39, 0.29) is 12.6 Å². The molecule has 24 heavy (non-hydrogen) atoms. The normalized spacial score (nSPS) is 11.8. The van der Waals surface area contributed by atoms with E-state index in [2.05, 4.69) is 10.6 Å². The number of carbonyl (C=O) groups excluding carboxylic acids is 2. The summed E-state index contributed by atoms with van der Waals surface area (Å²) >= 11 is 1.61. The van der Waals surface area contributed by atoms with E-state index in [0.29, 0.717) is 5.69 Å². The summed E-state index contributed by atoms with van der Waals surface area (Å²) in [5.74, 6) is -1.35. The van der Waals surface area contributed by atoms with E-state index in [0.717, 1.165) is 16.0 Å². The predicted molar refractivity (Wildman–Crippen MR) is 96.4 cm³/mol. The van der Waals surface area contributed by atoms with Crippen LogP contribution in [-0.2, 0) is 14.3 Å². The fourth-order valence-corrected chi connectivity index (χ4v) is 3.21. The number of benzene rings is 1. The number of hydrogen-bond acceptors (Lipinski definition) is 4. The average molecular weight is 346 g/mol. The number of nitrogens with one attached hydrogen (secondary N) is 2. The van der Waals surface area contributed by atoms with Crippen LogP contribution in [0.25, 0.3) is 0 Å². The van der Waals surface area contributed by atoms with Gasteiger partial charge in [0.25, 0.3) is 0 Å². The SMILES string of the molecule is COC(CNC(=O)C(=O)Nc1cccc(C)c1C)c1ccc(C)s1. The monoisotopic (exact) mass is 346 g/mol. The third kappa shape index (κ3) is 4.43. The van der Waals surface area contributed by atoms with E-state index in [1.807, 2.05) is 45.0 Å². The zero-order valence-electron chi connectivity index (χ0n) is 14.3. The number of aryl methyl sites for hydroxylation is 2. The minimum atomic E-state index is -0.680. The predicted octanol–water partition coefficient (Wildman–Crippen LogP) is 3.12. The zero-order chi connectivity index (χ0) is 17.7. The molecule has 0 spiro atoms. The van der Waals surface area contributed by atoms with Gasteiger partial charge < -0.3 is 15.4 Å². The second kappa shape index (κ2) is 8.08. The summed E-state index contributed by atoms with van der Waals surface area (Å²) < 4.78 is 5.40. The van der Waals surface area contributed by atoms with Crippen molar-refractivity contribution in [1.29, 1.82) is 0 Å². The Bertz CT molecular complexity index is 740. The van der Waals surface area contributed by atoms with E-state index in [1.54, 1.807) is 24.5 Å². The maximum Gasteiger partial charge on any atom is 0.313 e. The third-order valence-corrected chi connectivity index (χ3v) is 4.96. The summed E-state index contributed by atoms with van der Waals surface area (Å²) in [6.07, 6.45) is -0.263. The fraction of sp³-hybridized carbons (Fsp3) is 0.333. The van der Waals surface area contributed by atoms with Gasteiger partial charge in [0.1, 0.15) is 6.10 Å². The summed E-state index contributed by atoms with van der Waals surface area (Å²) in [5.41, 5.74) is 2.65. The lowest BCUT2D eigenvalue weighted by Gasteiger charge is -2.15. The highest BCUT2D eigenvalue weighted by Crippen LogP contribution is 2.24. The highest BCUT2D eigenvalue weighted by Gasteiger charge is 2.18. The Kier molecular flexibility index (Phi) is 6.11. The molecule has 0 aliphatic heterocycles. The van der Waals surface area contributed by atoms with Crippen LogP contribution in [0.3, 0.4) is 0 Å². The van der Waals surface area contributed by atoms with E-state index in [1.165, 1.54) is 4.88 Å². The number of thiophene rings is 1. The lowest BCUT2D eigenvalue weighted by Crippen LogP contribution is -2.38. The maximum atomic E-state index is 12.1. The lowest BCUT2D eigenvalue weighted by atomic mass is 10.1. The molecule has 0 aliphatic carbocycles. The molecular weight excluding hydrogens is 324 g/mol. The zero-order valence-corrected chi connectivity index (χ0v) is 15.1. The topological polar surface area (TPSA) is 67.4 Å². The van der Waals surface area contributed by atoms with Crippen LogP contribution in [0.4, 0.5) is 5.69 Å². The van der Waals surface area contributed by atoms with Crippen molar-refractivity contribution in [3.63, 3.8) is 0 Å². The lowest BCUT2D eigenvalue weighted by molar-refractivity contribution is -0.136. The van der Waals surface area contributed by atoms with Crippen molar-refractivity contribution in [1.82, 2.24) is 5.32 Å². The van der Waals surface area contributed by atoms with Crippen molar-refractivity contribution in [3.05, 3.63) is 51.2 Å². The van der Waals surface area contributed by atoms with Crippen LogP contribution in [0.2, 0.25) is 0 Å². The van der Waals surface area contributed by atoms with Gasteiger partial charge in [-0.25, -0.2) is 0 Å². The van der Waals surface area contributed by atoms with Gasteiger partial charge in [-0.15, -0.1) is 11.3 Å². The van der Waals surface area contributed by atoms with Crippen molar-refractivity contribution in [2.45, 2.75) is 26.9 Å². The molecule has 6 heteroatoms. The number of amides is 2. The summed E-state index contributed by atoms with van der Waals surface area (Å²) in [5, 5.41) is 5.27. The van der Waals surface area contributed by atoms with Crippen LogP contribution in [0.15, 0.2) is 30.3 Å². The molecule has 0 saturated carbocycles. The molecular formula is C18H22N2O3S. The maximum absolute atomic E-state index is 12.1. The van der Waals surface area contributed by atoms with Gasteiger partial charge in [0.15, 0.2) is 0 Å².